The number of aromatic nitrogens is 4. The van der Waals surface area contributed by atoms with Crippen molar-refractivity contribution < 1.29 is 9.18 Å². The van der Waals surface area contributed by atoms with Gasteiger partial charge < -0.3 is 10.2 Å². The third-order valence-corrected chi connectivity index (χ3v) is 5.89. The van der Waals surface area contributed by atoms with Gasteiger partial charge in [-0.2, -0.15) is 5.10 Å². The van der Waals surface area contributed by atoms with Gasteiger partial charge in [0.25, 0.3) is 5.91 Å². The number of likely N-dealkylation sites (tertiary alicyclic amines) is 1. The van der Waals surface area contributed by atoms with Gasteiger partial charge in [0.05, 0.1) is 29.7 Å². The number of amides is 1. The molecule has 1 aromatic carbocycles. The second kappa shape index (κ2) is 8.47. The summed E-state index contributed by atoms with van der Waals surface area (Å²) in [5.41, 5.74) is 1.77. The van der Waals surface area contributed by atoms with Gasteiger partial charge in [0.1, 0.15) is 11.6 Å². The topological polar surface area (TPSA) is 75.9 Å². The number of rotatable bonds is 4. The molecule has 3 aromatic heterocycles. The molecule has 1 aliphatic heterocycles. The summed E-state index contributed by atoms with van der Waals surface area (Å²) < 4.78 is 15.5. The first-order valence-electron chi connectivity index (χ1n) is 10.6. The van der Waals surface area contributed by atoms with Gasteiger partial charge in [-0.05, 0) is 50.5 Å². The van der Waals surface area contributed by atoms with Gasteiger partial charge in [0, 0.05) is 23.3 Å². The maximum atomic E-state index is 13.5. The molecule has 1 saturated heterocycles. The summed E-state index contributed by atoms with van der Waals surface area (Å²) in [7, 11) is 2.14. The van der Waals surface area contributed by atoms with E-state index in [1.54, 1.807) is 0 Å². The van der Waals surface area contributed by atoms with E-state index < -0.39 is 11.7 Å². The first kappa shape index (κ1) is 20.3. The zero-order valence-electron chi connectivity index (χ0n) is 17.7. The van der Waals surface area contributed by atoms with E-state index >= 15 is 0 Å². The number of carbonyl (C=O) groups excluding carboxylic acids is 1. The molecule has 5 rings (SSSR count). The number of carbonyl (C=O) groups is 1. The van der Waals surface area contributed by atoms with E-state index in [4.69, 9.17) is 4.98 Å². The summed E-state index contributed by atoms with van der Waals surface area (Å²) in [5.74, 6) is -0.640. The standard InChI is InChI=1S/C24H23FN6O/c1-30-8-6-20(7-9-30)31-15-18(13-27-31)23-21-5-3-2-4-16(21)11-22(28-23)29-24(32)17-10-19(25)14-26-12-17/h2-5,10-15,20H,6-9H2,1H3,(H,28,29,32). The number of nitrogens with zero attached hydrogens (tertiary/aromatic N) is 5. The fourth-order valence-corrected chi connectivity index (χ4v) is 4.13. The van der Waals surface area contributed by atoms with Crippen LogP contribution in [0.5, 0.6) is 0 Å². The molecule has 7 nitrogen and oxygen atoms in total. The Morgan fingerprint density at radius 2 is 1.94 bits per heavy atom. The van der Waals surface area contributed by atoms with Crippen LogP contribution >= 0.6 is 0 Å². The van der Waals surface area contributed by atoms with Crippen molar-refractivity contribution in [1.29, 1.82) is 0 Å². The van der Waals surface area contributed by atoms with Crippen LogP contribution in [0.1, 0.15) is 29.2 Å². The van der Waals surface area contributed by atoms with E-state index in [0.29, 0.717) is 11.9 Å². The number of hydrogen-bond acceptors (Lipinski definition) is 5. The van der Waals surface area contributed by atoms with Crippen molar-refractivity contribution >= 4 is 22.5 Å². The first-order valence-corrected chi connectivity index (χ1v) is 10.6. The molecule has 1 aliphatic rings. The van der Waals surface area contributed by atoms with Crippen LogP contribution in [0.3, 0.4) is 0 Å². The fourth-order valence-electron chi connectivity index (χ4n) is 4.13. The van der Waals surface area contributed by atoms with Crippen LogP contribution in [0.25, 0.3) is 22.0 Å². The lowest BCUT2D eigenvalue weighted by atomic mass is 10.1. The number of fused-ring (bicyclic) bond motifs is 1. The molecule has 1 fully saturated rings. The molecule has 0 aliphatic carbocycles. The van der Waals surface area contributed by atoms with Gasteiger partial charge in [-0.15, -0.1) is 0 Å². The average Bonchev–Trinajstić information content (AvgIpc) is 3.29. The second-order valence-electron chi connectivity index (χ2n) is 8.17. The molecular weight excluding hydrogens is 407 g/mol. The Balaban J connectivity index is 1.48. The van der Waals surface area contributed by atoms with Gasteiger partial charge in [-0.1, -0.05) is 24.3 Å². The van der Waals surface area contributed by atoms with E-state index in [-0.39, 0.29) is 5.56 Å². The van der Waals surface area contributed by atoms with Crippen molar-refractivity contribution in [2.45, 2.75) is 18.9 Å². The van der Waals surface area contributed by atoms with Crippen molar-refractivity contribution in [3.63, 3.8) is 0 Å². The summed E-state index contributed by atoms with van der Waals surface area (Å²) in [5, 5.41) is 9.31. The quantitative estimate of drug-likeness (QED) is 0.526. The Labute approximate surface area is 184 Å². The molecule has 0 spiro atoms. The Bertz CT molecular complexity index is 1280. The smallest absolute Gasteiger partial charge is 0.258 e. The highest BCUT2D eigenvalue weighted by atomic mass is 19.1. The van der Waals surface area contributed by atoms with Crippen molar-refractivity contribution in [1.82, 2.24) is 24.6 Å². The molecule has 1 N–H and O–H groups in total. The Kier molecular flexibility index (Phi) is 5.36. The Morgan fingerprint density at radius 1 is 1.12 bits per heavy atom. The SMILES string of the molecule is CN1CCC(n2cc(-c3nc(NC(=O)c4cncc(F)c4)cc4ccccc34)cn2)CC1. The summed E-state index contributed by atoms with van der Waals surface area (Å²) >= 11 is 0. The van der Waals surface area contributed by atoms with E-state index in [1.807, 2.05) is 47.4 Å². The number of hydrogen-bond donors (Lipinski definition) is 1. The number of piperidine rings is 1. The predicted molar refractivity (Wildman–Crippen MR) is 121 cm³/mol. The van der Waals surface area contributed by atoms with Crippen LogP contribution in [0.4, 0.5) is 10.2 Å². The van der Waals surface area contributed by atoms with E-state index in [2.05, 4.69) is 27.3 Å². The maximum absolute atomic E-state index is 13.5. The van der Waals surface area contributed by atoms with E-state index in [9.17, 15) is 9.18 Å². The molecule has 0 bridgehead atoms. The van der Waals surface area contributed by atoms with E-state index in [0.717, 1.165) is 60.2 Å². The number of benzene rings is 1. The molecule has 0 saturated carbocycles. The Hall–Kier alpha value is -3.65. The van der Waals surface area contributed by atoms with Crippen molar-refractivity contribution in [2.75, 3.05) is 25.5 Å². The number of pyridine rings is 2. The highest BCUT2D eigenvalue weighted by Crippen LogP contribution is 2.31. The molecule has 4 aromatic rings. The first-order chi connectivity index (χ1) is 15.6. The van der Waals surface area contributed by atoms with Gasteiger partial charge in [-0.25, -0.2) is 9.37 Å². The molecule has 1 amide bonds. The summed E-state index contributed by atoms with van der Waals surface area (Å²) in [6.07, 6.45) is 8.37. The average molecular weight is 430 g/mol. The summed E-state index contributed by atoms with van der Waals surface area (Å²) in [6, 6.07) is 11.2. The van der Waals surface area contributed by atoms with Gasteiger partial charge >= 0.3 is 0 Å². The van der Waals surface area contributed by atoms with Crippen molar-refractivity contribution in [3.05, 3.63) is 72.6 Å². The van der Waals surface area contributed by atoms with Crippen LogP contribution in [-0.2, 0) is 0 Å². The van der Waals surface area contributed by atoms with Gasteiger partial charge in [-0.3, -0.25) is 14.5 Å². The second-order valence-corrected chi connectivity index (χ2v) is 8.17. The zero-order chi connectivity index (χ0) is 22.1. The normalized spacial score (nSPS) is 15.2. The lowest BCUT2D eigenvalue weighted by Crippen LogP contribution is -2.31. The van der Waals surface area contributed by atoms with Crippen LogP contribution in [0.2, 0.25) is 0 Å². The van der Waals surface area contributed by atoms with Crippen LogP contribution < -0.4 is 5.32 Å². The molecule has 4 heterocycles. The monoisotopic (exact) mass is 430 g/mol. The van der Waals surface area contributed by atoms with Gasteiger partial charge in [0.15, 0.2) is 0 Å². The third-order valence-electron chi connectivity index (χ3n) is 5.89. The van der Waals surface area contributed by atoms with E-state index in [1.165, 1.54) is 6.20 Å². The maximum Gasteiger partial charge on any atom is 0.258 e. The molecule has 0 unspecified atom stereocenters. The minimum absolute atomic E-state index is 0.136. The lowest BCUT2D eigenvalue weighted by Gasteiger charge is -2.28. The number of halogens is 1. The molecule has 0 radical (unpaired) electrons. The van der Waals surface area contributed by atoms with Crippen LogP contribution in [0.15, 0.2) is 61.2 Å². The summed E-state index contributed by atoms with van der Waals surface area (Å²) in [4.78, 5) is 23.4. The lowest BCUT2D eigenvalue weighted by molar-refractivity contribution is 0.102. The van der Waals surface area contributed by atoms with Gasteiger partial charge in [0.2, 0.25) is 0 Å². The van der Waals surface area contributed by atoms with Crippen LogP contribution in [0, 0.1) is 5.82 Å². The molecule has 0 atom stereocenters. The number of nitrogens with one attached hydrogen (secondary N) is 1. The molecule has 162 valence electrons. The minimum atomic E-state index is -0.564. The Morgan fingerprint density at radius 3 is 2.75 bits per heavy atom. The van der Waals surface area contributed by atoms with Crippen molar-refractivity contribution in [2.24, 2.45) is 0 Å². The van der Waals surface area contributed by atoms with Crippen LogP contribution in [-0.4, -0.2) is 50.7 Å². The molecule has 32 heavy (non-hydrogen) atoms. The minimum Gasteiger partial charge on any atom is -0.306 e. The largest absolute Gasteiger partial charge is 0.306 e. The predicted octanol–water partition coefficient (Wildman–Crippen LogP) is 4.15. The molecular formula is C24H23FN6O. The highest BCUT2D eigenvalue weighted by molar-refractivity contribution is 6.05. The summed E-state index contributed by atoms with van der Waals surface area (Å²) in [6.45, 7) is 2.11. The van der Waals surface area contributed by atoms with Crippen molar-refractivity contribution in [3.8, 4) is 11.3 Å². The number of anilines is 1. The third kappa shape index (κ3) is 4.09. The molecule has 8 heteroatoms. The fraction of sp³-hybridized carbons (Fsp3) is 0.250. The highest BCUT2D eigenvalue weighted by Gasteiger charge is 2.20. The zero-order valence-corrected chi connectivity index (χ0v) is 17.7.